The molecule has 2 aromatic carbocycles. The summed E-state index contributed by atoms with van der Waals surface area (Å²) in [5.74, 6) is 0.332. The van der Waals surface area contributed by atoms with Crippen LogP contribution in [0.25, 0.3) is 11.3 Å². The number of nitrogens with one attached hydrogen (secondary N) is 3. The molecule has 1 unspecified atom stereocenters. The van der Waals surface area contributed by atoms with Crippen LogP contribution in [0.4, 0.5) is 11.4 Å². The average molecular weight is 461 g/mol. The largest absolute Gasteiger partial charge is 0.493 e. The van der Waals surface area contributed by atoms with Crippen molar-refractivity contribution in [2.24, 2.45) is 0 Å². The Morgan fingerprint density at radius 3 is 2.71 bits per heavy atom. The van der Waals surface area contributed by atoms with Gasteiger partial charge in [-0.25, -0.2) is 0 Å². The van der Waals surface area contributed by atoms with Crippen LogP contribution in [0.1, 0.15) is 33.7 Å². The van der Waals surface area contributed by atoms with Crippen LogP contribution in [0.2, 0.25) is 0 Å². The number of anilines is 2. The van der Waals surface area contributed by atoms with Crippen molar-refractivity contribution in [1.82, 2.24) is 15.1 Å². The summed E-state index contributed by atoms with van der Waals surface area (Å²) in [6.45, 7) is 0.542. The molecule has 3 N–H and O–H groups in total. The van der Waals surface area contributed by atoms with Gasteiger partial charge in [-0.3, -0.25) is 19.5 Å². The number of rotatable bonds is 5. The molecule has 1 saturated heterocycles. The number of carbonyl (C=O) groups excluding carboxylic acids is 3. The zero-order valence-electron chi connectivity index (χ0n) is 18.7. The lowest BCUT2D eigenvalue weighted by Gasteiger charge is -2.20. The molecule has 10 heteroatoms. The lowest BCUT2D eigenvalue weighted by molar-refractivity contribution is -0.119. The van der Waals surface area contributed by atoms with E-state index in [1.165, 1.54) is 0 Å². The zero-order valence-corrected chi connectivity index (χ0v) is 18.7. The molecule has 1 fully saturated rings. The van der Waals surface area contributed by atoms with Crippen LogP contribution in [0.3, 0.4) is 0 Å². The van der Waals surface area contributed by atoms with Crippen molar-refractivity contribution in [2.75, 3.05) is 31.4 Å². The van der Waals surface area contributed by atoms with E-state index in [1.54, 1.807) is 55.5 Å². The van der Waals surface area contributed by atoms with E-state index in [2.05, 4.69) is 20.8 Å². The maximum atomic E-state index is 13.0. The second kappa shape index (κ2) is 8.54. The van der Waals surface area contributed by atoms with Crippen molar-refractivity contribution in [3.8, 4) is 22.8 Å². The van der Waals surface area contributed by atoms with Crippen LogP contribution < -0.4 is 20.1 Å². The number of aromatic nitrogens is 2. The molecular formula is C24H23N5O5. The highest BCUT2D eigenvalue weighted by atomic mass is 16.5. The molecule has 0 radical (unpaired) electrons. The zero-order chi connectivity index (χ0) is 23.8. The second-order valence-electron chi connectivity index (χ2n) is 8.10. The maximum Gasteiger partial charge on any atom is 0.273 e. The third kappa shape index (κ3) is 3.72. The number of methoxy groups -OCH3 is 2. The van der Waals surface area contributed by atoms with E-state index in [0.717, 1.165) is 12.0 Å². The predicted molar refractivity (Wildman–Crippen MR) is 124 cm³/mol. The van der Waals surface area contributed by atoms with Gasteiger partial charge in [-0.1, -0.05) is 0 Å². The molecule has 10 nitrogen and oxygen atoms in total. The number of benzene rings is 2. The van der Waals surface area contributed by atoms with Crippen molar-refractivity contribution >= 4 is 29.1 Å². The van der Waals surface area contributed by atoms with Gasteiger partial charge < -0.3 is 25.0 Å². The third-order valence-corrected chi connectivity index (χ3v) is 6.08. The van der Waals surface area contributed by atoms with Crippen LogP contribution in [0, 0.1) is 0 Å². The van der Waals surface area contributed by atoms with Gasteiger partial charge in [0.15, 0.2) is 11.5 Å². The lowest BCUT2D eigenvalue weighted by atomic mass is 10.1. The summed E-state index contributed by atoms with van der Waals surface area (Å²) in [5, 5.41) is 12.6. The number of aromatic amines is 1. The molecule has 0 spiro atoms. The molecule has 2 aliphatic heterocycles. The minimum Gasteiger partial charge on any atom is -0.493 e. The summed E-state index contributed by atoms with van der Waals surface area (Å²) in [6.07, 6.45) is 1.44. The van der Waals surface area contributed by atoms with E-state index < -0.39 is 11.9 Å². The normalized spacial score (nSPS) is 16.9. The molecule has 0 aliphatic carbocycles. The monoisotopic (exact) mass is 461 g/mol. The smallest absolute Gasteiger partial charge is 0.273 e. The summed E-state index contributed by atoms with van der Waals surface area (Å²) in [7, 11) is 3.10. The number of ether oxygens (including phenoxy) is 2. The average Bonchev–Trinajstić information content (AvgIpc) is 3.53. The van der Waals surface area contributed by atoms with E-state index in [0.29, 0.717) is 47.1 Å². The molecule has 174 valence electrons. The van der Waals surface area contributed by atoms with Gasteiger partial charge in [0.2, 0.25) is 5.91 Å². The van der Waals surface area contributed by atoms with Crippen molar-refractivity contribution in [2.45, 2.75) is 18.9 Å². The fourth-order valence-electron chi connectivity index (χ4n) is 4.34. The highest BCUT2D eigenvalue weighted by Gasteiger charge is 2.38. The van der Waals surface area contributed by atoms with Gasteiger partial charge in [-0.15, -0.1) is 0 Å². The van der Waals surface area contributed by atoms with Crippen LogP contribution >= 0.6 is 0 Å². The molecular weight excluding hydrogens is 438 g/mol. The Hall–Kier alpha value is -4.34. The van der Waals surface area contributed by atoms with Crippen molar-refractivity contribution in [3.05, 3.63) is 53.7 Å². The van der Waals surface area contributed by atoms with E-state index in [9.17, 15) is 14.4 Å². The van der Waals surface area contributed by atoms with Gasteiger partial charge in [0.25, 0.3) is 11.8 Å². The highest BCUT2D eigenvalue weighted by molar-refractivity contribution is 6.11. The first-order valence-corrected chi connectivity index (χ1v) is 10.8. The highest BCUT2D eigenvalue weighted by Crippen LogP contribution is 2.32. The maximum absolute atomic E-state index is 13.0. The van der Waals surface area contributed by atoms with Crippen LogP contribution in [0.5, 0.6) is 11.5 Å². The Bertz CT molecular complexity index is 1300. The Labute approximate surface area is 195 Å². The van der Waals surface area contributed by atoms with E-state index >= 15 is 0 Å². The van der Waals surface area contributed by atoms with Crippen LogP contribution in [0.15, 0.2) is 42.5 Å². The molecule has 5 rings (SSSR count). The van der Waals surface area contributed by atoms with Gasteiger partial charge in [0, 0.05) is 17.8 Å². The van der Waals surface area contributed by atoms with Gasteiger partial charge in [-0.2, -0.15) is 5.10 Å². The first kappa shape index (κ1) is 21.5. The minimum absolute atomic E-state index is 0.179. The summed E-state index contributed by atoms with van der Waals surface area (Å²) in [4.78, 5) is 39.9. The molecule has 1 aromatic heterocycles. The number of hydrogen-bond donors (Lipinski definition) is 3. The molecule has 0 bridgehead atoms. The number of hydrogen-bond acceptors (Lipinski definition) is 6. The molecule has 3 aromatic rings. The van der Waals surface area contributed by atoms with E-state index in [-0.39, 0.29) is 17.5 Å². The van der Waals surface area contributed by atoms with Crippen molar-refractivity contribution in [1.29, 1.82) is 0 Å². The SMILES string of the molecule is COc1ccc(-c2cc(C(=O)Nc3ccc4c(c3)C(=O)N3CCCC3C(=O)N4)[nH]n2)cc1OC. The molecule has 3 amide bonds. The molecule has 3 heterocycles. The number of nitrogens with zero attached hydrogens (tertiary/aromatic N) is 2. The summed E-state index contributed by atoms with van der Waals surface area (Å²) < 4.78 is 10.6. The number of fused-ring (bicyclic) bond motifs is 2. The summed E-state index contributed by atoms with van der Waals surface area (Å²) in [5.41, 5.74) is 2.79. The topological polar surface area (TPSA) is 126 Å². The number of carbonyl (C=O) groups is 3. The summed E-state index contributed by atoms with van der Waals surface area (Å²) in [6, 6.07) is 11.4. The standard InChI is InChI=1S/C24H23N5O5/c1-33-20-8-5-13(10-21(20)34-2)17-12-18(28-27-17)22(30)25-14-6-7-16-15(11-14)24(32)29-9-3-4-19(29)23(31)26-16/h5-8,10-12,19H,3-4,9H2,1-2H3,(H,25,30)(H,26,31)(H,27,28). The first-order valence-electron chi connectivity index (χ1n) is 10.8. The van der Waals surface area contributed by atoms with Gasteiger partial charge in [-0.05, 0) is 55.3 Å². The van der Waals surface area contributed by atoms with Crippen LogP contribution in [-0.2, 0) is 4.79 Å². The predicted octanol–water partition coefficient (Wildman–Crippen LogP) is 2.90. The Kier molecular flexibility index (Phi) is 5.40. The number of H-pyrrole nitrogens is 1. The van der Waals surface area contributed by atoms with Gasteiger partial charge >= 0.3 is 0 Å². The molecule has 1 atom stereocenters. The first-order chi connectivity index (χ1) is 16.5. The Balaban J connectivity index is 1.36. The van der Waals surface area contributed by atoms with Crippen molar-refractivity contribution < 1.29 is 23.9 Å². The number of amides is 3. The fraction of sp³-hybridized carbons (Fsp3) is 0.250. The fourth-order valence-corrected chi connectivity index (χ4v) is 4.34. The quantitative estimate of drug-likeness (QED) is 0.537. The Morgan fingerprint density at radius 1 is 1.09 bits per heavy atom. The Morgan fingerprint density at radius 2 is 1.91 bits per heavy atom. The van der Waals surface area contributed by atoms with Gasteiger partial charge in [0.1, 0.15) is 11.7 Å². The third-order valence-electron chi connectivity index (χ3n) is 6.08. The van der Waals surface area contributed by atoms with E-state index in [1.807, 2.05) is 6.07 Å². The lowest BCUT2D eigenvalue weighted by Crippen LogP contribution is -2.40. The minimum atomic E-state index is -0.446. The van der Waals surface area contributed by atoms with Gasteiger partial charge in [0.05, 0.1) is 31.2 Å². The van der Waals surface area contributed by atoms with Crippen molar-refractivity contribution in [3.63, 3.8) is 0 Å². The molecule has 0 saturated carbocycles. The van der Waals surface area contributed by atoms with Crippen LogP contribution in [-0.4, -0.2) is 59.6 Å². The molecule has 34 heavy (non-hydrogen) atoms. The summed E-state index contributed by atoms with van der Waals surface area (Å²) >= 11 is 0. The second-order valence-corrected chi connectivity index (χ2v) is 8.10. The molecule has 2 aliphatic rings. The van der Waals surface area contributed by atoms with E-state index in [4.69, 9.17) is 9.47 Å².